The van der Waals surface area contributed by atoms with Gasteiger partial charge < -0.3 is 9.16 Å². The largest absolute Gasteiger partial charge is 0.542 e. The Morgan fingerprint density at radius 3 is 2.05 bits per heavy atom. The molecule has 0 N–H and O–H groups in total. The van der Waals surface area contributed by atoms with E-state index < -0.39 is 9.04 Å². The molecule has 4 saturated carbocycles. The van der Waals surface area contributed by atoms with Crippen molar-refractivity contribution in [2.45, 2.75) is 90.1 Å². The molecular weight excluding hydrogens is 472 g/mol. The van der Waals surface area contributed by atoms with E-state index in [-0.39, 0.29) is 16.8 Å². The Morgan fingerprint density at radius 2 is 1.54 bits per heavy atom. The highest BCUT2D eigenvalue weighted by Gasteiger charge is 2.53. The lowest BCUT2D eigenvalue weighted by atomic mass is 9.47. The van der Waals surface area contributed by atoms with Crippen molar-refractivity contribution in [2.75, 3.05) is 6.61 Å². The summed E-state index contributed by atoms with van der Waals surface area (Å²) in [5.74, 6) is 3.53. The van der Waals surface area contributed by atoms with Crippen molar-refractivity contribution >= 4 is 27.2 Å². The van der Waals surface area contributed by atoms with Gasteiger partial charge in [-0.25, -0.2) is 4.79 Å². The van der Waals surface area contributed by atoms with Gasteiger partial charge in [0.15, 0.2) is 0 Å². The average molecular weight is 516 g/mol. The maximum atomic E-state index is 12.0. The second-order valence-corrected chi connectivity index (χ2v) is 15.1. The minimum atomic E-state index is -0.950. The molecule has 4 aliphatic carbocycles. The van der Waals surface area contributed by atoms with E-state index in [0.29, 0.717) is 12.2 Å². The van der Waals surface area contributed by atoms with Crippen LogP contribution in [0.15, 0.2) is 36.4 Å². The highest BCUT2D eigenvalue weighted by atomic mass is 28.3. The molecule has 3 nitrogen and oxygen atoms in total. The van der Waals surface area contributed by atoms with Crippen LogP contribution in [0, 0.1) is 17.8 Å². The summed E-state index contributed by atoms with van der Waals surface area (Å²) in [4.78, 5) is 12.0. The SMILES string of the molecule is CCOC(=O)c1ccc(C=Cc2ccc(C(C)(C)C)c(C34CC5CC(CC(C5)C3)C4)c2O[Si](C)C)cc1. The van der Waals surface area contributed by atoms with Crippen LogP contribution in [-0.4, -0.2) is 21.6 Å². The van der Waals surface area contributed by atoms with E-state index >= 15 is 0 Å². The van der Waals surface area contributed by atoms with E-state index in [9.17, 15) is 4.79 Å². The van der Waals surface area contributed by atoms with Crippen molar-refractivity contribution in [3.05, 3.63) is 64.2 Å². The molecule has 0 amide bonds. The summed E-state index contributed by atoms with van der Waals surface area (Å²) >= 11 is 0. The van der Waals surface area contributed by atoms with Crippen LogP contribution in [0.4, 0.5) is 0 Å². The molecule has 2 aromatic carbocycles. The van der Waals surface area contributed by atoms with E-state index in [1.165, 1.54) is 55.2 Å². The summed E-state index contributed by atoms with van der Waals surface area (Å²) in [6.45, 7) is 13.8. The van der Waals surface area contributed by atoms with Crippen LogP contribution in [0.1, 0.15) is 98.8 Å². The first-order valence-corrected chi connectivity index (χ1v) is 16.6. The molecule has 0 spiro atoms. The number of benzene rings is 2. The summed E-state index contributed by atoms with van der Waals surface area (Å²) in [7, 11) is -0.950. The van der Waals surface area contributed by atoms with E-state index in [1.807, 2.05) is 31.2 Å². The van der Waals surface area contributed by atoms with Crippen LogP contribution < -0.4 is 4.43 Å². The molecule has 197 valence electrons. The summed E-state index contributed by atoms with van der Waals surface area (Å²) in [6, 6.07) is 12.3. The van der Waals surface area contributed by atoms with Crippen LogP contribution in [0.25, 0.3) is 12.2 Å². The zero-order valence-corrected chi connectivity index (χ0v) is 24.5. The normalized spacial score (nSPS) is 26.7. The van der Waals surface area contributed by atoms with Crippen molar-refractivity contribution in [3.8, 4) is 5.75 Å². The number of ether oxygens (including phenoxy) is 1. The fourth-order valence-electron chi connectivity index (χ4n) is 7.74. The maximum absolute atomic E-state index is 12.0. The molecule has 4 bridgehead atoms. The van der Waals surface area contributed by atoms with Crippen LogP contribution in [-0.2, 0) is 15.6 Å². The van der Waals surface area contributed by atoms with Gasteiger partial charge in [0, 0.05) is 16.5 Å². The molecule has 2 aromatic rings. The Kier molecular flexibility index (Phi) is 7.17. The van der Waals surface area contributed by atoms with Crippen LogP contribution in [0.5, 0.6) is 5.75 Å². The van der Waals surface area contributed by atoms with Gasteiger partial charge in [0.2, 0.25) is 0 Å². The van der Waals surface area contributed by atoms with Gasteiger partial charge in [0.05, 0.1) is 12.2 Å². The zero-order valence-electron chi connectivity index (χ0n) is 23.5. The molecule has 0 saturated heterocycles. The number of carbonyl (C=O) groups is 1. The second kappa shape index (κ2) is 10.1. The Bertz CT molecular complexity index is 1130. The molecular formula is C33H43O3Si. The number of carbonyl (C=O) groups excluding carboxylic acids is 1. The fourth-order valence-corrected chi connectivity index (χ4v) is 8.37. The molecule has 0 heterocycles. The Morgan fingerprint density at radius 1 is 0.946 bits per heavy atom. The number of hydrogen-bond acceptors (Lipinski definition) is 3. The quantitative estimate of drug-likeness (QED) is 0.211. The van der Waals surface area contributed by atoms with Crippen LogP contribution >= 0.6 is 0 Å². The van der Waals surface area contributed by atoms with Crippen molar-refractivity contribution in [2.24, 2.45) is 17.8 Å². The molecule has 37 heavy (non-hydrogen) atoms. The lowest BCUT2D eigenvalue weighted by Crippen LogP contribution is -2.49. The van der Waals surface area contributed by atoms with Crippen LogP contribution in [0.2, 0.25) is 13.1 Å². The second-order valence-electron chi connectivity index (χ2n) is 13.0. The van der Waals surface area contributed by atoms with Crippen molar-refractivity contribution in [1.29, 1.82) is 0 Å². The molecule has 4 fully saturated rings. The first-order chi connectivity index (χ1) is 17.6. The van der Waals surface area contributed by atoms with Gasteiger partial charge in [-0.15, -0.1) is 0 Å². The molecule has 0 aromatic heterocycles. The number of esters is 1. The standard InChI is InChI=1S/C33H43O3Si/c1-7-35-31(34)27-12-9-22(10-13-27)8-11-26-14-15-28(32(2,3)4)29(30(26)36-37(5)6)33-19-23-16-24(20-33)18-25(17-23)21-33/h8-15,23-25H,7,16-21H2,1-6H3. The summed E-state index contributed by atoms with van der Waals surface area (Å²) in [5, 5.41) is 0. The first kappa shape index (κ1) is 26.3. The van der Waals surface area contributed by atoms with Gasteiger partial charge in [-0.05, 0) is 105 Å². The molecule has 6 rings (SSSR count). The minimum Gasteiger partial charge on any atom is -0.542 e. The van der Waals surface area contributed by atoms with Gasteiger partial charge in [-0.3, -0.25) is 0 Å². The maximum Gasteiger partial charge on any atom is 0.338 e. The summed E-state index contributed by atoms with van der Waals surface area (Å²) in [5.41, 5.74) is 6.17. The third-order valence-corrected chi connectivity index (χ3v) is 9.36. The van der Waals surface area contributed by atoms with Crippen molar-refractivity contribution in [3.63, 3.8) is 0 Å². The van der Waals surface area contributed by atoms with Crippen molar-refractivity contribution < 1.29 is 14.0 Å². The monoisotopic (exact) mass is 515 g/mol. The van der Waals surface area contributed by atoms with Gasteiger partial charge in [-0.1, -0.05) is 57.2 Å². The smallest absolute Gasteiger partial charge is 0.338 e. The first-order valence-electron chi connectivity index (χ1n) is 14.2. The topological polar surface area (TPSA) is 35.5 Å². The van der Waals surface area contributed by atoms with Gasteiger partial charge in [0.25, 0.3) is 9.04 Å². The molecule has 0 unspecified atom stereocenters. The molecule has 0 aliphatic heterocycles. The van der Waals surface area contributed by atoms with Crippen LogP contribution in [0.3, 0.4) is 0 Å². The average Bonchev–Trinajstić information content (AvgIpc) is 2.81. The molecule has 4 aliphatic rings. The lowest BCUT2D eigenvalue weighted by molar-refractivity contribution is -0.00659. The third kappa shape index (κ3) is 5.32. The summed E-state index contributed by atoms with van der Waals surface area (Å²) < 4.78 is 12.0. The predicted octanol–water partition coefficient (Wildman–Crippen LogP) is 8.43. The highest BCUT2D eigenvalue weighted by Crippen LogP contribution is 2.63. The van der Waals surface area contributed by atoms with Gasteiger partial charge in [0.1, 0.15) is 5.75 Å². The van der Waals surface area contributed by atoms with E-state index in [0.717, 1.165) is 29.1 Å². The Hall–Kier alpha value is -2.33. The number of rotatable bonds is 7. The summed E-state index contributed by atoms with van der Waals surface area (Å²) in [6.07, 6.45) is 12.7. The van der Waals surface area contributed by atoms with Gasteiger partial charge in [-0.2, -0.15) is 0 Å². The molecule has 4 heteroatoms. The highest BCUT2D eigenvalue weighted by molar-refractivity contribution is 6.49. The van der Waals surface area contributed by atoms with E-state index in [1.54, 1.807) is 0 Å². The third-order valence-electron chi connectivity index (χ3n) is 8.75. The number of hydrogen-bond donors (Lipinski definition) is 0. The zero-order chi connectivity index (χ0) is 26.4. The Balaban J connectivity index is 1.57. The molecule has 1 radical (unpaired) electrons. The fraction of sp³-hybridized carbons (Fsp3) is 0.545. The van der Waals surface area contributed by atoms with Gasteiger partial charge >= 0.3 is 5.97 Å². The van der Waals surface area contributed by atoms with E-state index in [4.69, 9.17) is 9.16 Å². The molecule has 0 atom stereocenters. The Labute approximate surface area is 225 Å². The lowest BCUT2D eigenvalue weighted by Gasteiger charge is -2.58. The predicted molar refractivity (Wildman–Crippen MR) is 154 cm³/mol. The van der Waals surface area contributed by atoms with Crippen molar-refractivity contribution in [1.82, 2.24) is 0 Å². The minimum absolute atomic E-state index is 0.0658. The van der Waals surface area contributed by atoms with E-state index in [2.05, 4.69) is 58.2 Å².